The number of carbonyl (C=O) groups is 1. The van der Waals surface area contributed by atoms with E-state index < -0.39 is 10.0 Å². The van der Waals surface area contributed by atoms with E-state index in [1.807, 2.05) is 6.07 Å². The normalized spacial score (nSPS) is 11.7. The van der Waals surface area contributed by atoms with Gasteiger partial charge in [0.05, 0.1) is 12.7 Å². The van der Waals surface area contributed by atoms with Crippen molar-refractivity contribution in [3.63, 3.8) is 0 Å². The molecule has 160 valence electrons. The molecule has 0 unspecified atom stereocenters. The van der Waals surface area contributed by atoms with Gasteiger partial charge in [0.25, 0.3) is 10.0 Å². The van der Waals surface area contributed by atoms with E-state index in [-0.39, 0.29) is 18.9 Å². The molecule has 0 radical (unpaired) electrons. The summed E-state index contributed by atoms with van der Waals surface area (Å²) in [7, 11) is -2.00. The first kappa shape index (κ1) is 22.8. The second-order valence-corrected chi connectivity index (χ2v) is 10.6. The number of nitrogens with one attached hydrogen (secondary N) is 1. The maximum atomic E-state index is 12.4. The largest absolute Gasteiger partial charge is 0.311 e. The Morgan fingerprint density at radius 3 is 2.77 bits per heavy atom. The molecular weight excluding hydrogens is 467 g/mol. The van der Waals surface area contributed by atoms with Gasteiger partial charge >= 0.3 is 0 Å². The Hall–Kier alpha value is -1.91. The van der Waals surface area contributed by atoms with E-state index in [0.29, 0.717) is 33.0 Å². The topological polar surface area (TPSA) is 84.3 Å². The van der Waals surface area contributed by atoms with Gasteiger partial charge in [0, 0.05) is 36.1 Å². The molecule has 0 aliphatic heterocycles. The molecule has 0 saturated heterocycles. The molecule has 3 rings (SSSR count). The lowest BCUT2D eigenvalue weighted by Gasteiger charge is -2.16. The molecule has 7 nitrogen and oxygen atoms in total. The van der Waals surface area contributed by atoms with Gasteiger partial charge < -0.3 is 5.32 Å². The van der Waals surface area contributed by atoms with Crippen LogP contribution in [0, 0.1) is 0 Å². The van der Waals surface area contributed by atoms with Gasteiger partial charge in [0.1, 0.15) is 10.0 Å². The van der Waals surface area contributed by atoms with Crippen molar-refractivity contribution in [1.82, 2.24) is 14.1 Å². The van der Waals surface area contributed by atoms with Crippen LogP contribution in [-0.2, 0) is 21.4 Å². The van der Waals surface area contributed by atoms with Gasteiger partial charge in [-0.15, -0.1) is 11.3 Å². The van der Waals surface area contributed by atoms with Crippen molar-refractivity contribution in [2.75, 3.05) is 18.9 Å². The lowest BCUT2D eigenvalue weighted by Crippen LogP contribution is -2.28. The molecule has 2 heterocycles. The van der Waals surface area contributed by atoms with Crippen LogP contribution in [0.2, 0.25) is 10.0 Å². The third-order valence-corrected chi connectivity index (χ3v) is 8.17. The number of benzene rings is 1. The first-order valence-corrected chi connectivity index (χ1v) is 12.1. The van der Waals surface area contributed by atoms with Crippen LogP contribution in [0.4, 0.5) is 5.82 Å². The monoisotopic (exact) mass is 486 g/mol. The highest BCUT2D eigenvalue weighted by molar-refractivity contribution is 7.91. The van der Waals surface area contributed by atoms with Crippen LogP contribution in [0.25, 0.3) is 0 Å². The molecule has 0 atom stereocenters. The molecule has 0 bridgehead atoms. The molecule has 1 N–H and O–H groups in total. The Morgan fingerprint density at radius 1 is 1.27 bits per heavy atom. The molecule has 0 fully saturated rings. The number of amides is 1. The zero-order valence-electron chi connectivity index (χ0n) is 16.1. The predicted molar refractivity (Wildman–Crippen MR) is 120 cm³/mol. The summed E-state index contributed by atoms with van der Waals surface area (Å²) in [6.45, 7) is 0.619. The summed E-state index contributed by atoms with van der Waals surface area (Å²) in [6, 6.07) is 10.2. The molecule has 2 aromatic heterocycles. The second-order valence-electron chi connectivity index (χ2n) is 6.52. The summed E-state index contributed by atoms with van der Waals surface area (Å²) in [5.74, 6) is 0.312. The molecule has 1 aromatic carbocycles. The lowest BCUT2D eigenvalue weighted by atomic mass is 10.2. The Bertz CT molecular complexity index is 1110. The highest BCUT2D eigenvalue weighted by Gasteiger charge is 2.21. The summed E-state index contributed by atoms with van der Waals surface area (Å²) < 4.78 is 28.0. The smallest absolute Gasteiger partial charge is 0.252 e. The minimum absolute atomic E-state index is 0.178. The van der Waals surface area contributed by atoms with Gasteiger partial charge in [-0.05, 0) is 35.6 Å². The van der Waals surface area contributed by atoms with Gasteiger partial charge in [-0.25, -0.2) is 17.4 Å². The third-order valence-electron chi connectivity index (χ3n) is 4.36. The van der Waals surface area contributed by atoms with Gasteiger partial charge in [-0.1, -0.05) is 35.3 Å². The van der Waals surface area contributed by atoms with Crippen LogP contribution in [0.5, 0.6) is 0 Å². The number of halogens is 2. The van der Waals surface area contributed by atoms with Gasteiger partial charge in [-0.3, -0.25) is 4.79 Å². The molecule has 0 saturated carbocycles. The average Bonchev–Trinajstić information content (AvgIpc) is 3.37. The highest BCUT2D eigenvalue weighted by atomic mass is 35.5. The van der Waals surface area contributed by atoms with E-state index >= 15 is 0 Å². The Kier molecular flexibility index (Phi) is 7.54. The minimum atomic E-state index is -3.51. The van der Waals surface area contributed by atoms with Gasteiger partial charge in [-0.2, -0.15) is 5.10 Å². The van der Waals surface area contributed by atoms with Gasteiger partial charge in [0.2, 0.25) is 5.91 Å². The van der Waals surface area contributed by atoms with Crippen LogP contribution in [0.15, 0.2) is 52.2 Å². The summed E-state index contributed by atoms with van der Waals surface area (Å²) in [5, 5.41) is 9.81. The summed E-state index contributed by atoms with van der Waals surface area (Å²) in [5.41, 5.74) is 0.820. The van der Waals surface area contributed by atoms with Crippen LogP contribution in [-0.4, -0.2) is 42.0 Å². The third kappa shape index (κ3) is 5.61. The Morgan fingerprint density at radius 2 is 2.07 bits per heavy atom. The minimum Gasteiger partial charge on any atom is -0.311 e. The Labute approximate surface area is 189 Å². The molecule has 30 heavy (non-hydrogen) atoms. The fraction of sp³-hybridized carbons (Fsp3) is 0.263. The van der Waals surface area contributed by atoms with Crippen LogP contribution >= 0.6 is 34.5 Å². The number of anilines is 1. The number of sulfonamides is 1. The van der Waals surface area contributed by atoms with Crippen molar-refractivity contribution in [1.29, 1.82) is 0 Å². The van der Waals surface area contributed by atoms with Crippen molar-refractivity contribution in [2.24, 2.45) is 0 Å². The van der Waals surface area contributed by atoms with E-state index in [2.05, 4.69) is 10.4 Å². The lowest BCUT2D eigenvalue weighted by molar-refractivity contribution is -0.116. The predicted octanol–water partition coefficient (Wildman–Crippen LogP) is 4.34. The maximum absolute atomic E-state index is 12.4. The molecule has 0 aliphatic rings. The molecule has 3 aromatic rings. The van der Waals surface area contributed by atoms with E-state index in [1.54, 1.807) is 46.6 Å². The zero-order valence-corrected chi connectivity index (χ0v) is 19.2. The van der Waals surface area contributed by atoms with E-state index in [0.717, 1.165) is 5.56 Å². The summed E-state index contributed by atoms with van der Waals surface area (Å²) in [6.07, 6.45) is 2.15. The number of thiophene rings is 1. The standard InChI is InChI=1S/C19H20Cl2N4O3S2/c1-24(30(27,28)19-5-3-11-29-19)10-2-4-18(26)23-17-8-9-22-25(17)13-14-6-7-15(20)12-16(14)21/h3,5-9,11-12H,2,4,10,13H2,1H3,(H,23,26). The fourth-order valence-electron chi connectivity index (χ4n) is 2.73. The Balaban J connectivity index is 1.53. The average molecular weight is 487 g/mol. The van der Waals surface area contributed by atoms with E-state index in [4.69, 9.17) is 23.2 Å². The summed E-state index contributed by atoms with van der Waals surface area (Å²) >= 11 is 13.3. The summed E-state index contributed by atoms with van der Waals surface area (Å²) in [4.78, 5) is 12.3. The van der Waals surface area contributed by atoms with Crippen molar-refractivity contribution < 1.29 is 13.2 Å². The van der Waals surface area contributed by atoms with Crippen molar-refractivity contribution >= 4 is 56.3 Å². The van der Waals surface area contributed by atoms with Crippen LogP contribution < -0.4 is 5.32 Å². The van der Waals surface area contributed by atoms with Crippen LogP contribution in [0.3, 0.4) is 0 Å². The van der Waals surface area contributed by atoms with Gasteiger partial charge in [0.15, 0.2) is 0 Å². The number of hydrogen-bond acceptors (Lipinski definition) is 5. The number of nitrogens with zero attached hydrogens (tertiary/aromatic N) is 3. The second kappa shape index (κ2) is 9.93. The van der Waals surface area contributed by atoms with E-state index in [9.17, 15) is 13.2 Å². The molecule has 0 spiro atoms. The number of carbonyl (C=O) groups excluding carboxylic acids is 1. The fourth-order valence-corrected chi connectivity index (χ4v) is 5.61. The van der Waals surface area contributed by atoms with Crippen LogP contribution in [0.1, 0.15) is 18.4 Å². The van der Waals surface area contributed by atoms with Crippen molar-refractivity contribution in [3.05, 3.63) is 63.6 Å². The number of aromatic nitrogens is 2. The zero-order chi connectivity index (χ0) is 21.7. The molecule has 1 amide bonds. The number of rotatable bonds is 9. The van der Waals surface area contributed by atoms with Crippen molar-refractivity contribution in [2.45, 2.75) is 23.6 Å². The number of hydrogen-bond donors (Lipinski definition) is 1. The molecular formula is C19H20Cl2N4O3S2. The van der Waals surface area contributed by atoms with E-state index in [1.165, 1.54) is 22.7 Å². The van der Waals surface area contributed by atoms with Crippen molar-refractivity contribution in [3.8, 4) is 0 Å². The molecule has 11 heteroatoms. The maximum Gasteiger partial charge on any atom is 0.252 e. The first-order valence-electron chi connectivity index (χ1n) is 9.03. The first-order chi connectivity index (χ1) is 14.3. The SMILES string of the molecule is CN(CCCC(=O)Nc1ccnn1Cc1ccc(Cl)cc1Cl)S(=O)(=O)c1cccs1. The molecule has 0 aliphatic carbocycles. The quantitative estimate of drug-likeness (QED) is 0.487. The highest BCUT2D eigenvalue weighted by Crippen LogP contribution is 2.23.